The number of carboxylic acids is 1. The van der Waals surface area contributed by atoms with E-state index in [0.717, 1.165) is 10.4 Å². The minimum absolute atomic E-state index is 0.0643. The molecule has 7 heteroatoms. The Labute approximate surface area is 125 Å². The van der Waals surface area contributed by atoms with E-state index in [1.54, 1.807) is 24.4 Å². The van der Waals surface area contributed by atoms with Gasteiger partial charge in [-0.1, -0.05) is 24.3 Å². The van der Waals surface area contributed by atoms with Gasteiger partial charge in [-0.25, -0.2) is 9.78 Å². The molecule has 0 aliphatic heterocycles. The summed E-state index contributed by atoms with van der Waals surface area (Å²) in [6, 6.07) is 6.76. The number of carbonyl (C=O) groups excluding carboxylic acids is 1. The summed E-state index contributed by atoms with van der Waals surface area (Å²) in [5, 5.41) is 14.7. The lowest BCUT2D eigenvalue weighted by Gasteiger charge is -2.09. The van der Waals surface area contributed by atoms with Gasteiger partial charge in [0.2, 0.25) is 0 Å². The van der Waals surface area contributed by atoms with Gasteiger partial charge in [0.05, 0.1) is 6.42 Å². The number of hydrogen-bond acceptors (Lipinski definition) is 4. The van der Waals surface area contributed by atoms with Crippen LogP contribution in [-0.4, -0.2) is 22.1 Å². The van der Waals surface area contributed by atoms with E-state index >= 15 is 0 Å². The fraction of sp³-hybridized carbons (Fsp3) is 0.214. The number of benzene rings is 1. The average molecular weight is 305 g/mol. The van der Waals surface area contributed by atoms with Crippen molar-refractivity contribution in [1.82, 2.24) is 10.3 Å². The van der Waals surface area contributed by atoms with Crippen LogP contribution in [-0.2, 0) is 17.8 Å². The number of aryl methyl sites for hydroxylation is 1. The molecule has 0 fully saturated rings. The van der Waals surface area contributed by atoms with Gasteiger partial charge in [0.25, 0.3) is 0 Å². The first-order valence-electron chi connectivity index (χ1n) is 6.30. The van der Waals surface area contributed by atoms with Crippen LogP contribution in [0.25, 0.3) is 0 Å². The molecule has 0 saturated heterocycles. The average Bonchev–Trinajstić information content (AvgIpc) is 2.82. The zero-order chi connectivity index (χ0) is 15.2. The molecule has 110 valence electrons. The van der Waals surface area contributed by atoms with Crippen LogP contribution in [0.4, 0.5) is 9.93 Å². The van der Waals surface area contributed by atoms with E-state index in [9.17, 15) is 9.59 Å². The van der Waals surface area contributed by atoms with Gasteiger partial charge in [-0.05, 0) is 18.1 Å². The van der Waals surface area contributed by atoms with Gasteiger partial charge in [0.1, 0.15) is 0 Å². The summed E-state index contributed by atoms with van der Waals surface area (Å²) >= 11 is 1.39. The van der Waals surface area contributed by atoms with E-state index in [-0.39, 0.29) is 19.0 Å². The Morgan fingerprint density at radius 3 is 2.62 bits per heavy atom. The summed E-state index contributed by atoms with van der Waals surface area (Å²) in [5.41, 5.74) is 1.47. The fourth-order valence-electron chi connectivity index (χ4n) is 1.79. The molecule has 0 aliphatic rings. The number of carbonyl (C=O) groups is 2. The van der Waals surface area contributed by atoms with Crippen molar-refractivity contribution in [3.05, 3.63) is 46.5 Å². The lowest BCUT2D eigenvalue weighted by atomic mass is 10.0. The van der Waals surface area contributed by atoms with E-state index in [0.29, 0.717) is 10.7 Å². The van der Waals surface area contributed by atoms with Crippen LogP contribution in [0.15, 0.2) is 30.5 Å². The Bertz CT molecular complexity index is 654. The minimum atomic E-state index is -0.898. The topological polar surface area (TPSA) is 91.3 Å². The molecule has 6 nitrogen and oxygen atoms in total. The van der Waals surface area contributed by atoms with E-state index in [4.69, 9.17) is 5.11 Å². The van der Waals surface area contributed by atoms with Crippen molar-refractivity contribution >= 4 is 28.5 Å². The number of carboxylic acid groups (broad SMARTS) is 1. The van der Waals surface area contributed by atoms with Gasteiger partial charge in [-0.15, -0.1) is 11.3 Å². The molecule has 2 amide bonds. The number of urea groups is 1. The van der Waals surface area contributed by atoms with Crippen molar-refractivity contribution in [2.45, 2.75) is 19.9 Å². The molecule has 21 heavy (non-hydrogen) atoms. The third kappa shape index (κ3) is 4.57. The standard InChI is InChI=1S/C14H15N3O3S/c1-9-7-16-14(21-9)17-13(20)15-8-11-5-3-2-4-10(11)6-12(18)19/h2-5,7H,6,8H2,1H3,(H,18,19)(H2,15,16,17,20). The number of nitrogens with one attached hydrogen (secondary N) is 2. The molecule has 1 heterocycles. The van der Waals surface area contributed by atoms with E-state index in [1.165, 1.54) is 11.3 Å². The van der Waals surface area contributed by atoms with Gasteiger partial charge in [0, 0.05) is 17.6 Å². The first kappa shape index (κ1) is 15.0. The molecule has 2 aromatic rings. The van der Waals surface area contributed by atoms with Crippen molar-refractivity contribution in [2.24, 2.45) is 0 Å². The quantitative estimate of drug-likeness (QED) is 0.791. The molecule has 1 aromatic heterocycles. The van der Waals surface area contributed by atoms with E-state index < -0.39 is 5.97 Å². The largest absolute Gasteiger partial charge is 0.481 e. The fourth-order valence-corrected chi connectivity index (χ4v) is 2.45. The maximum atomic E-state index is 11.8. The Morgan fingerprint density at radius 2 is 2.00 bits per heavy atom. The van der Waals surface area contributed by atoms with E-state index in [1.807, 2.05) is 13.0 Å². The number of rotatable bonds is 5. The van der Waals surface area contributed by atoms with Crippen LogP contribution in [0.5, 0.6) is 0 Å². The minimum Gasteiger partial charge on any atom is -0.481 e. The first-order chi connectivity index (χ1) is 10.0. The third-order valence-corrected chi connectivity index (χ3v) is 3.57. The van der Waals surface area contributed by atoms with Gasteiger partial charge in [-0.3, -0.25) is 10.1 Å². The maximum absolute atomic E-state index is 11.8. The number of anilines is 1. The number of hydrogen-bond donors (Lipinski definition) is 3. The van der Waals surface area contributed by atoms with Crippen LogP contribution in [0.2, 0.25) is 0 Å². The van der Waals surface area contributed by atoms with Crippen LogP contribution in [0.1, 0.15) is 16.0 Å². The van der Waals surface area contributed by atoms with Gasteiger partial charge in [-0.2, -0.15) is 0 Å². The molecule has 0 radical (unpaired) electrons. The molecule has 0 unspecified atom stereocenters. The zero-order valence-corrected chi connectivity index (χ0v) is 12.2. The highest BCUT2D eigenvalue weighted by molar-refractivity contribution is 7.15. The number of aromatic nitrogens is 1. The third-order valence-electron chi connectivity index (χ3n) is 2.74. The number of aliphatic carboxylic acids is 1. The molecule has 1 aromatic carbocycles. The highest BCUT2D eigenvalue weighted by atomic mass is 32.1. The summed E-state index contributed by atoms with van der Waals surface area (Å²) in [6.07, 6.45) is 1.62. The van der Waals surface area contributed by atoms with Crippen LogP contribution >= 0.6 is 11.3 Å². The second-order valence-corrected chi connectivity index (χ2v) is 5.66. The maximum Gasteiger partial charge on any atom is 0.321 e. The molecule has 0 bridgehead atoms. The van der Waals surface area contributed by atoms with Gasteiger partial charge in [0.15, 0.2) is 5.13 Å². The summed E-state index contributed by atoms with van der Waals surface area (Å²) in [6.45, 7) is 2.17. The molecule has 0 saturated carbocycles. The summed E-state index contributed by atoms with van der Waals surface area (Å²) in [4.78, 5) is 27.6. The molecule has 3 N–H and O–H groups in total. The predicted octanol–water partition coefficient (Wildman–Crippen LogP) is 2.40. The Balaban J connectivity index is 1.93. The lowest BCUT2D eigenvalue weighted by molar-refractivity contribution is -0.136. The van der Waals surface area contributed by atoms with Crippen molar-refractivity contribution in [2.75, 3.05) is 5.32 Å². The van der Waals surface area contributed by atoms with E-state index in [2.05, 4.69) is 15.6 Å². The van der Waals surface area contributed by atoms with Crippen LogP contribution < -0.4 is 10.6 Å². The zero-order valence-electron chi connectivity index (χ0n) is 11.4. The first-order valence-corrected chi connectivity index (χ1v) is 7.12. The smallest absolute Gasteiger partial charge is 0.321 e. The van der Waals surface area contributed by atoms with Crippen molar-refractivity contribution in [1.29, 1.82) is 0 Å². The monoisotopic (exact) mass is 305 g/mol. The van der Waals surface area contributed by atoms with Crippen molar-refractivity contribution in [3.63, 3.8) is 0 Å². The second kappa shape index (κ2) is 6.85. The van der Waals surface area contributed by atoms with Gasteiger partial charge >= 0.3 is 12.0 Å². The lowest BCUT2D eigenvalue weighted by Crippen LogP contribution is -2.28. The Kier molecular flexibility index (Phi) is 4.89. The highest BCUT2D eigenvalue weighted by Crippen LogP contribution is 2.16. The SMILES string of the molecule is Cc1cnc(NC(=O)NCc2ccccc2CC(=O)O)s1. The summed E-state index contributed by atoms with van der Waals surface area (Å²) < 4.78 is 0. The predicted molar refractivity (Wildman–Crippen MR) is 80.5 cm³/mol. The van der Waals surface area contributed by atoms with Crippen molar-refractivity contribution < 1.29 is 14.7 Å². The van der Waals surface area contributed by atoms with Crippen LogP contribution in [0, 0.1) is 6.92 Å². The Hall–Kier alpha value is -2.41. The molecule has 0 atom stereocenters. The number of thiazole rings is 1. The Morgan fingerprint density at radius 1 is 1.29 bits per heavy atom. The molecular formula is C14H15N3O3S. The normalized spacial score (nSPS) is 10.1. The number of amides is 2. The second-order valence-electron chi connectivity index (χ2n) is 4.42. The van der Waals surface area contributed by atoms with Gasteiger partial charge < -0.3 is 10.4 Å². The van der Waals surface area contributed by atoms with Crippen molar-refractivity contribution in [3.8, 4) is 0 Å². The molecule has 0 aliphatic carbocycles. The van der Waals surface area contributed by atoms with Crippen LogP contribution in [0.3, 0.4) is 0 Å². The number of nitrogens with zero attached hydrogens (tertiary/aromatic N) is 1. The summed E-state index contributed by atoms with van der Waals surface area (Å²) in [7, 11) is 0. The summed E-state index contributed by atoms with van der Waals surface area (Å²) in [5.74, 6) is -0.898. The molecule has 0 spiro atoms. The molecular weight excluding hydrogens is 290 g/mol. The highest BCUT2D eigenvalue weighted by Gasteiger charge is 2.08. The molecule has 2 rings (SSSR count).